The molecule has 0 amide bonds. The lowest BCUT2D eigenvalue weighted by atomic mass is 10.0. The van der Waals surface area contributed by atoms with Crippen molar-refractivity contribution in [1.29, 1.82) is 0 Å². The smallest absolute Gasteiger partial charge is 0.280 e. The zero-order valence-electron chi connectivity index (χ0n) is 16.1. The van der Waals surface area contributed by atoms with E-state index in [4.69, 9.17) is 0 Å². The molecule has 0 spiro atoms. The van der Waals surface area contributed by atoms with Gasteiger partial charge < -0.3 is 0 Å². The van der Waals surface area contributed by atoms with Crippen LogP contribution in [-0.2, 0) is 26.2 Å². The highest BCUT2D eigenvalue weighted by Gasteiger charge is 2.37. The maximum Gasteiger partial charge on any atom is 0.417 e. The molecule has 1 N–H and O–H groups in total. The van der Waals surface area contributed by atoms with Crippen LogP contribution in [0.5, 0.6) is 0 Å². The molecule has 6 nitrogen and oxygen atoms in total. The van der Waals surface area contributed by atoms with Gasteiger partial charge in [0.15, 0.2) is 0 Å². The van der Waals surface area contributed by atoms with Crippen molar-refractivity contribution in [3.8, 4) is 0 Å². The summed E-state index contributed by atoms with van der Waals surface area (Å²) in [7, 11) is -8.26. The minimum absolute atomic E-state index is 0.00441. The van der Waals surface area contributed by atoms with Gasteiger partial charge in [0.25, 0.3) is 10.0 Å². The molecule has 164 valence electrons. The van der Waals surface area contributed by atoms with Crippen LogP contribution in [0.1, 0.15) is 25.3 Å². The molecule has 2 aromatic rings. The summed E-state index contributed by atoms with van der Waals surface area (Å²) in [6, 6.07) is 8.75. The molecular formula is C19H21F3N2O4S2. The topological polar surface area (TPSA) is 83.6 Å². The van der Waals surface area contributed by atoms with Gasteiger partial charge in [0.1, 0.15) is 0 Å². The number of nitrogens with one attached hydrogen (secondary N) is 1. The summed E-state index contributed by atoms with van der Waals surface area (Å²) in [6.45, 7) is 2.79. The summed E-state index contributed by atoms with van der Waals surface area (Å²) in [5.41, 5.74) is -1.33. The number of hydrogen-bond donors (Lipinski definition) is 1. The van der Waals surface area contributed by atoms with E-state index in [0.29, 0.717) is 19.2 Å². The van der Waals surface area contributed by atoms with E-state index in [2.05, 4.69) is 4.72 Å². The molecule has 2 aromatic carbocycles. The normalized spacial score (nSPS) is 18.9. The van der Waals surface area contributed by atoms with Crippen LogP contribution < -0.4 is 4.72 Å². The van der Waals surface area contributed by atoms with Gasteiger partial charge in [0.05, 0.1) is 15.4 Å². The van der Waals surface area contributed by atoms with Crippen molar-refractivity contribution < 1.29 is 30.0 Å². The number of halogens is 3. The Labute approximate surface area is 173 Å². The number of benzene rings is 2. The van der Waals surface area contributed by atoms with Crippen molar-refractivity contribution in [1.82, 2.24) is 4.31 Å². The highest BCUT2D eigenvalue weighted by Crippen LogP contribution is 2.34. The summed E-state index contributed by atoms with van der Waals surface area (Å²) < 4.78 is 93.4. The van der Waals surface area contributed by atoms with Gasteiger partial charge in [-0.05, 0) is 55.2 Å². The van der Waals surface area contributed by atoms with E-state index in [1.807, 2.05) is 6.92 Å². The molecule has 0 aromatic heterocycles. The molecule has 1 aliphatic rings. The zero-order valence-corrected chi connectivity index (χ0v) is 17.7. The molecule has 0 bridgehead atoms. The van der Waals surface area contributed by atoms with Crippen molar-refractivity contribution in [2.45, 2.75) is 35.7 Å². The predicted molar refractivity (Wildman–Crippen MR) is 106 cm³/mol. The fourth-order valence-electron chi connectivity index (χ4n) is 3.35. The van der Waals surface area contributed by atoms with Gasteiger partial charge >= 0.3 is 6.18 Å². The molecule has 1 unspecified atom stereocenters. The standard InChI is InChI=1S/C19H21F3N2O4S2/c1-14-5-4-12-24(13-14)30(27,28)16-10-8-15(9-11-16)23-29(25,26)18-7-3-2-6-17(18)19(20,21)22/h2-3,6-11,14,23H,4-5,12-13H2,1H3. The fourth-order valence-corrected chi connectivity index (χ4v) is 6.24. The van der Waals surface area contributed by atoms with Crippen LogP contribution in [0.2, 0.25) is 0 Å². The molecule has 0 radical (unpaired) electrons. The quantitative estimate of drug-likeness (QED) is 0.730. The highest BCUT2D eigenvalue weighted by atomic mass is 32.2. The first-order chi connectivity index (χ1) is 13.9. The second-order valence-corrected chi connectivity index (χ2v) is 10.8. The molecule has 11 heteroatoms. The van der Waals surface area contributed by atoms with Gasteiger partial charge in [-0.15, -0.1) is 0 Å². The number of nitrogens with zero attached hydrogens (tertiary/aromatic N) is 1. The van der Waals surface area contributed by atoms with Gasteiger partial charge in [-0.3, -0.25) is 4.72 Å². The number of anilines is 1. The van der Waals surface area contributed by atoms with E-state index in [-0.39, 0.29) is 16.5 Å². The Bertz CT molecular complexity index is 1120. The van der Waals surface area contributed by atoms with Crippen molar-refractivity contribution in [3.63, 3.8) is 0 Å². The van der Waals surface area contributed by atoms with E-state index in [9.17, 15) is 30.0 Å². The molecule has 3 rings (SSSR count). The first kappa shape index (κ1) is 22.6. The number of alkyl halides is 3. The van der Waals surface area contributed by atoms with Crippen LogP contribution in [0.25, 0.3) is 0 Å². The average Bonchev–Trinajstić information content (AvgIpc) is 2.67. The maximum absolute atomic E-state index is 13.1. The van der Waals surface area contributed by atoms with Crippen LogP contribution in [0.3, 0.4) is 0 Å². The minimum Gasteiger partial charge on any atom is -0.280 e. The maximum atomic E-state index is 13.1. The largest absolute Gasteiger partial charge is 0.417 e. The van der Waals surface area contributed by atoms with Crippen LogP contribution in [-0.4, -0.2) is 34.2 Å². The summed E-state index contributed by atoms with van der Waals surface area (Å²) in [4.78, 5) is -0.910. The third-order valence-corrected chi connectivity index (χ3v) is 8.16. The Balaban J connectivity index is 1.84. The Morgan fingerprint density at radius 1 is 1.00 bits per heavy atom. The van der Waals surface area contributed by atoms with Gasteiger partial charge in [-0.1, -0.05) is 19.1 Å². The molecule has 0 saturated carbocycles. The van der Waals surface area contributed by atoms with Gasteiger partial charge in [0.2, 0.25) is 10.0 Å². The van der Waals surface area contributed by atoms with E-state index >= 15 is 0 Å². The van der Waals surface area contributed by atoms with Crippen LogP contribution in [0.15, 0.2) is 58.3 Å². The van der Waals surface area contributed by atoms with Crippen LogP contribution >= 0.6 is 0 Å². The van der Waals surface area contributed by atoms with Gasteiger partial charge in [-0.2, -0.15) is 17.5 Å². The number of hydrogen-bond acceptors (Lipinski definition) is 4. The molecular weight excluding hydrogens is 441 g/mol. The lowest BCUT2D eigenvalue weighted by molar-refractivity contribution is -0.139. The second-order valence-electron chi connectivity index (χ2n) is 7.23. The minimum atomic E-state index is -4.84. The van der Waals surface area contributed by atoms with E-state index in [1.54, 1.807) is 0 Å². The Kier molecular flexibility index (Phi) is 6.17. The SMILES string of the molecule is CC1CCCN(S(=O)(=O)c2ccc(NS(=O)(=O)c3ccccc3C(F)(F)F)cc2)C1. The lowest BCUT2D eigenvalue weighted by Gasteiger charge is -2.30. The van der Waals surface area contributed by atoms with Gasteiger partial charge in [0, 0.05) is 18.8 Å². The zero-order chi connectivity index (χ0) is 22.2. The Hall–Kier alpha value is -2.11. The number of piperidine rings is 1. The number of rotatable bonds is 5. The monoisotopic (exact) mass is 462 g/mol. The summed E-state index contributed by atoms with van der Waals surface area (Å²) in [6.07, 6.45) is -3.13. The van der Waals surface area contributed by atoms with Crippen molar-refractivity contribution in [3.05, 3.63) is 54.1 Å². The third kappa shape index (κ3) is 4.79. The lowest BCUT2D eigenvalue weighted by Crippen LogP contribution is -2.39. The van der Waals surface area contributed by atoms with Crippen molar-refractivity contribution >= 4 is 25.7 Å². The first-order valence-electron chi connectivity index (χ1n) is 9.20. The Morgan fingerprint density at radius 3 is 2.23 bits per heavy atom. The Morgan fingerprint density at radius 2 is 1.63 bits per heavy atom. The van der Waals surface area contributed by atoms with E-state index in [1.165, 1.54) is 34.6 Å². The van der Waals surface area contributed by atoms with Crippen molar-refractivity contribution in [2.24, 2.45) is 5.92 Å². The number of sulfonamides is 2. The first-order valence-corrected chi connectivity index (χ1v) is 12.1. The summed E-state index contributed by atoms with van der Waals surface area (Å²) in [5.74, 6) is 0.244. The molecule has 1 saturated heterocycles. The third-order valence-electron chi connectivity index (χ3n) is 4.85. The molecule has 0 aliphatic carbocycles. The summed E-state index contributed by atoms with van der Waals surface area (Å²) >= 11 is 0. The predicted octanol–water partition coefficient (Wildman–Crippen LogP) is 3.93. The molecule has 1 fully saturated rings. The van der Waals surface area contributed by atoms with E-state index in [0.717, 1.165) is 25.0 Å². The second kappa shape index (κ2) is 8.20. The molecule has 1 atom stereocenters. The molecule has 1 aliphatic heterocycles. The highest BCUT2D eigenvalue weighted by molar-refractivity contribution is 7.92. The fraction of sp³-hybridized carbons (Fsp3) is 0.368. The average molecular weight is 463 g/mol. The molecule has 30 heavy (non-hydrogen) atoms. The summed E-state index contributed by atoms with van der Waals surface area (Å²) in [5, 5.41) is 0. The van der Waals surface area contributed by atoms with Gasteiger partial charge in [-0.25, -0.2) is 16.8 Å². The van der Waals surface area contributed by atoms with E-state index < -0.39 is 36.7 Å². The van der Waals surface area contributed by atoms with Crippen LogP contribution in [0.4, 0.5) is 18.9 Å². The molecule has 1 heterocycles. The van der Waals surface area contributed by atoms with Crippen LogP contribution in [0, 0.1) is 5.92 Å². The van der Waals surface area contributed by atoms with Crippen molar-refractivity contribution in [2.75, 3.05) is 17.8 Å².